The first kappa shape index (κ1) is 13.5. The Hall–Kier alpha value is -1.88. The zero-order valence-corrected chi connectivity index (χ0v) is 11.2. The molecule has 0 aliphatic carbocycles. The number of nitrogens with one attached hydrogen (secondary N) is 1. The highest BCUT2D eigenvalue weighted by Crippen LogP contribution is 2.26. The Morgan fingerprint density at radius 2 is 2.21 bits per heavy atom. The van der Waals surface area contributed by atoms with Crippen LogP contribution in [0.15, 0.2) is 18.2 Å². The number of H-pyrrole nitrogens is 1. The zero-order chi connectivity index (χ0) is 13.8. The Bertz CT molecular complexity index is 566. The van der Waals surface area contributed by atoms with Crippen molar-refractivity contribution in [3.05, 3.63) is 35.5 Å². The molecule has 3 N–H and O–H groups in total. The number of nitrogens with zero attached hydrogens (tertiary/aromatic N) is 1. The molecule has 0 unspecified atom stereocenters. The fourth-order valence-electron chi connectivity index (χ4n) is 1.98. The molecule has 0 amide bonds. The quantitative estimate of drug-likeness (QED) is 0.870. The standard InChI is InChI=1S/C14H18FN3O/c1-3-19-12-5-4-10(8-11(12)15)14-9(2)17-13(18-14)6-7-16/h4-5,8H,3,6-7,16H2,1-2H3,(H,17,18). The lowest BCUT2D eigenvalue weighted by Gasteiger charge is -2.06. The molecular weight excluding hydrogens is 245 g/mol. The molecule has 5 heteroatoms. The van der Waals surface area contributed by atoms with Crippen LogP contribution in [0.25, 0.3) is 11.3 Å². The van der Waals surface area contributed by atoms with Crippen molar-refractivity contribution < 1.29 is 9.13 Å². The summed E-state index contributed by atoms with van der Waals surface area (Å²) in [7, 11) is 0. The number of benzene rings is 1. The third-order valence-electron chi connectivity index (χ3n) is 2.82. The molecule has 2 aromatic rings. The van der Waals surface area contributed by atoms with Crippen LogP contribution in [0.4, 0.5) is 4.39 Å². The predicted molar refractivity (Wildman–Crippen MR) is 72.6 cm³/mol. The Labute approximate surface area is 111 Å². The van der Waals surface area contributed by atoms with Crippen LogP contribution in [0.2, 0.25) is 0 Å². The van der Waals surface area contributed by atoms with Crippen LogP contribution in [0.5, 0.6) is 5.75 Å². The molecular formula is C14H18FN3O. The average molecular weight is 263 g/mol. The molecule has 0 saturated heterocycles. The van der Waals surface area contributed by atoms with Gasteiger partial charge in [0.1, 0.15) is 5.82 Å². The summed E-state index contributed by atoms with van der Waals surface area (Å²) in [6, 6.07) is 4.88. The maximum Gasteiger partial charge on any atom is 0.165 e. The zero-order valence-electron chi connectivity index (χ0n) is 11.2. The fourth-order valence-corrected chi connectivity index (χ4v) is 1.98. The summed E-state index contributed by atoms with van der Waals surface area (Å²) >= 11 is 0. The maximum atomic E-state index is 13.8. The Kier molecular flexibility index (Phi) is 4.16. The van der Waals surface area contributed by atoms with Gasteiger partial charge in [0.25, 0.3) is 0 Å². The van der Waals surface area contributed by atoms with Crippen LogP contribution in [-0.4, -0.2) is 23.1 Å². The van der Waals surface area contributed by atoms with Crippen molar-refractivity contribution >= 4 is 0 Å². The first-order valence-corrected chi connectivity index (χ1v) is 6.34. The molecule has 0 atom stereocenters. The Balaban J connectivity index is 2.33. The van der Waals surface area contributed by atoms with Crippen LogP contribution < -0.4 is 10.5 Å². The van der Waals surface area contributed by atoms with Crippen molar-refractivity contribution in [3.63, 3.8) is 0 Å². The highest BCUT2D eigenvalue weighted by molar-refractivity contribution is 5.63. The molecule has 0 aliphatic rings. The van der Waals surface area contributed by atoms with E-state index in [1.54, 1.807) is 6.07 Å². The van der Waals surface area contributed by atoms with Crippen molar-refractivity contribution in [1.29, 1.82) is 0 Å². The van der Waals surface area contributed by atoms with Gasteiger partial charge in [0.2, 0.25) is 0 Å². The fraction of sp³-hybridized carbons (Fsp3) is 0.357. The van der Waals surface area contributed by atoms with Crippen molar-refractivity contribution in [1.82, 2.24) is 9.97 Å². The maximum absolute atomic E-state index is 13.8. The average Bonchev–Trinajstić information content (AvgIpc) is 2.74. The summed E-state index contributed by atoms with van der Waals surface area (Å²) in [5, 5.41) is 0. The van der Waals surface area contributed by atoms with E-state index >= 15 is 0 Å². The molecule has 1 heterocycles. The van der Waals surface area contributed by atoms with Gasteiger partial charge in [0.05, 0.1) is 12.3 Å². The number of aromatic nitrogens is 2. The first-order chi connectivity index (χ1) is 9.15. The lowest BCUT2D eigenvalue weighted by atomic mass is 10.1. The highest BCUT2D eigenvalue weighted by atomic mass is 19.1. The smallest absolute Gasteiger partial charge is 0.165 e. The van der Waals surface area contributed by atoms with Crippen LogP contribution in [0, 0.1) is 12.7 Å². The van der Waals surface area contributed by atoms with Gasteiger partial charge in [-0.2, -0.15) is 0 Å². The van der Waals surface area contributed by atoms with E-state index in [4.69, 9.17) is 10.5 Å². The molecule has 1 aromatic carbocycles. The topological polar surface area (TPSA) is 63.9 Å². The number of hydrogen-bond acceptors (Lipinski definition) is 3. The molecule has 0 spiro atoms. The summed E-state index contributed by atoms with van der Waals surface area (Å²) < 4.78 is 19.0. The molecule has 102 valence electrons. The van der Waals surface area contributed by atoms with E-state index in [-0.39, 0.29) is 11.6 Å². The van der Waals surface area contributed by atoms with Gasteiger partial charge in [0, 0.05) is 17.7 Å². The predicted octanol–water partition coefficient (Wildman–Crippen LogP) is 2.42. The summed E-state index contributed by atoms with van der Waals surface area (Å²) in [6.45, 7) is 4.71. The summed E-state index contributed by atoms with van der Waals surface area (Å²) in [4.78, 5) is 7.60. The highest BCUT2D eigenvalue weighted by Gasteiger charge is 2.11. The molecule has 0 saturated carbocycles. The van der Waals surface area contributed by atoms with Gasteiger partial charge >= 0.3 is 0 Å². The SMILES string of the molecule is CCOc1ccc(-c2nc(CCN)[nH]c2C)cc1F. The van der Waals surface area contributed by atoms with Gasteiger partial charge in [-0.25, -0.2) is 9.37 Å². The van der Waals surface area contributed by atoms with E-state index in [2.05, 4.69) is 9.97 Å². The van der Waals surface area contributed by atoms with E-state index in [0.717, 1.165) is 22.8 Å². The Morgan fingerprint density at radius 3 is 2.84 bits per heavy atom. The second-order valence-corrected chi connectivity index (χ2v) is 4.27. The third kappa shape index (κ3) is 2.93. The summed E-state index contributed by atoms with van der Waals surface area (Å²) in [5.74, 6) is 0.716. The van der Waals surface area contributed by atoms with Crippen molar-refractivity contribution in [2.45, 2.75) is 20.3 Å². The molecule has 0 fully saturated rings. The minimum atomic E-state index is -0.373. The van der Waals surface area contributed by atoms with Gasteiger partial charge < -0.3 is 15.5 Å². The number of rotatable bonds is 5. The molecule has 19 heavy (non-hydrogen) atoms. The normalized spacial score (nSPS) is 10.7. The monoisotopic (exact) mass is 263 g/mol. The number of hydrogen-bond donors (Lipinski definition) is 2. The molecule has 0 aliphatic heterocycles. The lowest BCUT2D eigenvalue weighted by molar-refractivity contribution is 0.321. The number of nitrogens with two attached hydrogens (primary N) is 1. The summed E-state index contributed by atoms with van der Waals surface area (Å²) in [5.41, 5.74) is 7.90. The molecule has 1 aromatic heterocycles. The van der Waals surface area contributed by atoms with Crippen molar-refractivity contribution in [3.8, 4) is 17.0 Å². The van der Waals surface area contributed by atoms with Gasteiger partial charge in [-0.05, 0) is 38.6 Å². The Morgan fingerprint density at radius 1 is 1.42 bits per heavy atom. The van der Waals surface area contributed by atoms with E-state index in [1.807, 2.05) is 19.9 Å². The minimum absolute atomic E-state index is 0.265. The second kappa shape index (κ2) is 5.84. The van der Waals surface area contributed by atoms with E-state index < -0.39 is 0 Å². The number of aromatic amines is 1. The van der Waals surface area contributed by atoms with Crippen LogP contribution in [-0.2, 0) is 6.42 Å². The van der Waals surface area contributed by atoms with Crippen LogP contribution >= 0.6 is 0 Å². The van der Waals surface area contributed by atoms with E-state index in [1.165, 1.54) is 6.07 Å². The van der Waals surface area contributed by atoms with Gasteiger partial charge in [-0.15, -0.1) is 0 Å². The molecule has 0 radical (unpaired) electrons. The largest absolute Gasteiger partial charge is 0.491 e. The molecule has 0 bridgehead atoms. The lowest BCUT2D eigenvalue weighted by Crippen LogP contribution is -2.03. The summed E-state index contributed by atoms with van der Waals surface area (Å²) in [6.07, 6.45) is 0.681. The number of imidazole rings is 1. The van der Waals surface area contributed by atoms with Crippen molar-refractivity contribution in [2.24, 2.45) is 5.73 Å². The molecule has 2 rings (SSSR count). The number of ether oxygens (including phenoxy) is 1. The third-order valence-corrected chi connectivity index (χ3v) is 2.82. The van der Waals surface area contributed by atoms with E-state index in [0.29, 0.717) is 19.6 Å². The number of aryl methyl sites for hydroxylation is 1. The van der Waals surface area contributed by atoms with Crippen LogP contribution in [0.3, 0.4) is 0 Å². The van der Waals surface area contributed by atoms with Gasteiger partial charge in [-0.1, -0.05) is 0 Å². The molecule has 4 nitrogen and oxygen atoms in total. The van der Waals surface area contributed by atoms with Gasteiger partial charge in [0.15, 0.2) is 11.6 Å². The van der Waals surface area contributed by atoms with Crippen LogP contribution in [0.1, 0.15) is 18.4 Å². The minimum Gasteiger partial charge on any atom is -0.491 e. The first-order valence-electron chi connectivity index (χ1n) is 6.34. The van der Waals surface area contributed by atoms with E-state index in [9.17, 15) is 4.39 Å². The number of halogens is 1. The van der Waals surface area contributed by atoms with Crippen molar-refractivity contribution in [2.75, 3.05) is 13.2 Å². The second-order valence-electron chi connectivity index (χ2n) is 4.27. The van der Waals surface area contributed by atoms with Gasteiger partial charge in [-0.3, -0.25) is 0 Å².